The summed E-state index contributed by atoms with van der Waals surface area (Å²) in [6.45, 7) is 3.89. The number of nitrogens with zero attached hydrogens (tertiary/aromatic N) is 2. The minimum Gasteiger partial charge on any atom is -0.380 e. The number of aromatic amines is 1. The number of para-hydroxylation sites is 1. The van der Waals surface area contributed by atoms with Gasteiger partial charge in [-0.15, -0.1) is 0 Å². The zero-order valence-corrected chi connectivity index (χ0v) is 21.4. The Morgan fingerprint density at radius 2 is 1.65 bits per heavy atom. The van der Waals surface area contributed by atoms with Crippen molar-refractivity contribution in [2.24, 2.45) is 0 Å². The number of fused-ring (bicyclic) bond motifs is 1. The van der Waals surface area contributed by atoms with Crippen LogP contribution in [0.25, 0.3) is 11.0 Å². The molecule has 0 aliphatic carbocycles. The van der Waals surface area contributed by atoms with E-state index in [1.54, 1.807) is 56.6 Å². The van der Waals surface area contributed by atoms with Gasteiger partial charge in [0.15, 0.2) is 0 Å². The first-order valence-electron chi connectivity index (χ1n) is 11.7. The van der Waals surface area contributed by atoms with E-state index in [1.165, 1.54) is 12.0 Å². The molecule has 1 heterocycles. The lowest BCUT2D eigenvalue weighted by Crippen LogP contribution is -2.24. The molecule has 0 unspecified atom stereocenters. The number of anilines is 2. The van der Waals surface area contributed by atoms with E-state index in [1.807, 2.05) is 26.0 Å². The minimum atomic E-state index is -0.386. The smallest absolute Gasteiger partial charge is 0.257 e. The molecule has 3 N–H and O–H groups in total. The summed E-state index contributed by atoms with van der Waals surface area (Å²) in [6, 6.07) is 15.6. The Morgan fingerprint density at radius 1 is 0.919 bits per heavy atom. The van der Waals surface area contributed by atoms with Crippen LogP contribution < -0.4 is 10.6 Å². The number of nitrogens with one attached hydrogen (secondary N) is 3. The third-order valence-corrected chi connectivity index (χ3v) is 5.85. The molecule has 3 aromatic carbocycles. The minimum absolute atomic E-state index is 0.178. The van der Waals surface area contributed by atoms with E-state index in [4.69, 9.17) is 4.74 Å². The van der Waals surface area contributed by atoms with Crippen molar-refractivity contribution in [2.75, 3.05) is 31.8 Å². The molecule has 0 aliphatic heterocycles. The number of hydrogen-bond acceptors (Lipinski definition) is 5. The molecule has 0 atom stereocenters. The first-order valence-corrected chi connectivity index (χ1v) is 11.7. The lowest BCUT2D eigenvalue weighted by molar-refractivity contribution is 0.0828. The van der Waals surface area contributed by atoms with Crippen LogP contribution in [0.1, 0.15) is 48.0 Å². The van der Waals surface area contributed by atoms with E-state index >= 15 is 0 Å². The molecule has 9 nitrogen and oxygen atoms in total. The second-order valence-electron chi connectivity index (χ2n) is 8.99. The van der Waals surface area contributed by atoms with E-state index in [0.717, 1.165) is 16.9 Å². The fourth-order valence-corrected chi connectivity index (χ4v) is 4.04. The van der Waals surface area contributed by atoms with Gasteiger partial charge < -0.3 is 25.3 Å². The number of aryl methyl sites for hydroxylation is 2. The van der Waals surface area contributed by atoms with Crippen LogP contribution >= 0.6 is 0 Å². The number of rotatable bonds is 7. The molecule has 0 bridgehead atoms. The molecule has 1 aromatic heterocycles. The average molecular weight is 500 g/mol. The van der Waals surface area contributed by atoms with Crippen LogP contribution in [0.5, 0.6) is 0 Å². The summed E-state index contributed by atoms with van der Waals surface area (Å²) in [5, 5.41) is 5.76. The molecule has 0 radical (unpaired) electrons. The molecule has 0 saturated carbocycles. The van der Waals surface area contributed by atoms with Crippen LogP contribution in [-0.4, -0.2) is 53.8 Å². The number of amides is 3. The van der Waals surface area contributed by atoms with Gasteiger partial charge in [-0.1, -0.05) is 17.7 Å². The van der Waals surface area contributed by atoms with E-state index in [2.05, 4.69) is 20.6 Å². The second-order valence-corrected chi connectivity index (χ2v) is 8.99. The van der Waals surface area contributed by atoms with Gasteiger partial charge in [0.2, 0.25) is 0 Å². The molecule has 9 heteroatoms. The second kappa shape index (κ2) is 10.6. The fourth-order valence-electron chi connectivity index (χ4n) is 4.04. The lowest BCUT2D eigenvalue weighted by atomic mass is 10.1. The molecule has 0 aliphatic rings. The number of methoxy groups -OCH3 is 1. The summed E-state index contributed by atoms with van der Waals surface area (Å²) < 4.78 is 5.32. The van der Waals surface area contributed by atoms with E-state index < -0.39 is 0 Å². The van der Waals surface area contributed by atoms with E-state index in [9.17, 15) is 14.4 Å². The highest BCUT2D eigenvalue weighted by Gasteiger charge is 2.19. The van der Waals surface area contributed by atoms with Crippen LogP contribution in [0.2, 0.25) is 0 Å². The predicted molar refractivity (Wildman–Crippen MR) is 143 cm³/mol. The van der Waals surface area contributed by atoms with Crippen LogP contribution in [0.3, 0.4) is 0 Å². The Morgan fingerprint density at radius 3 is 2.38 bits per heavy atom. The Balaban J connectivity index is 1.60. The van der Waals surface area contributed by atoms with Gasteiger partial charge in [-0.2, -0.15) is 0 Å². The highest BCUT2D eigenvalue weighted by molar-refractivity contribution is 6.12. The predicted octanol–water partition coefficient (Wildman–Crippen LogP) is 4.53. The zero-order valence-electron chi connectivity index (χ0n) is 21.4. The molecule has 4 aromatic rings. The Kier molecular flexibility index (Phi) is 7.35. The van der Waals surface area contributed by atoms with Crippen molar-refractivity contribution in [1.29, 1.82) is 0 Å². The van der Waals surface area contributed by atoms with Crippen molar-refractivity contribution in [3.63, 3.8) is 0 Å². The molecular formula is C28H29N5O4. The third-order valence-electron chi connectivity index (χ3n) is 5.85. The van der Waals surface area contributed by atoms with Gasteiger partial charge in [0.1, 0.15) is 11.3 Å². The van der Waals surface area contributed by atoms with Crippen molar-refractivity contribution in [2.45, 2.75) is 20.5 Å². The SMILES string of the molecule is COCc1cc(C(=O)Nc2ccc(C)cc2C(=O)N(C)C)ccc1NC(=O)c1cccc2[nH]c(C)nc12. The van der Waals surface area contributed by atoms with Crippen molar-refractivity contribution >= 4 is 40.1 Å². The maximum Gasteiger partial charge on any atom is 0.257 e. The van der Waals surface area contributed by atoms with Gasteiger partial charge in [-0.3, -0.25) is 14.4 Å². The number of benzene rings is 3. The third kappa shape index (κ3) is 5.52. The highest BCUT2D eigenvalue weighted by Crippen LogP contribution is 2.24. The van der Waals surface area contributed by atoms with Crippen molar-refractivity contribution in [3.8, 4) is 0 Å². The molecule has 0 fully saturated rings. The van der Waals surface area contributed by atoms with Crippen molar-refractivity contribution in [1.82, 2.24) is 14.9 Å². The van der Waals surface area contributed by atoms with Crippen LogP contribution in [-0.2, 0) is 11.3 Å². The molecule has 0 saturated heterocycles. The number of aromatic nitrogens is 2. The molecule has 37 heavy (non-hydrogen) atoms. The standard InChI is InChI=1S/C28H29N5O4/c1-16-9-11-23(21(13-16)28(36)33(3)4)32-26(34)18-10-12-22(19(14-18)15-37-5)31-27(35)20-7-6-8-24-25(20)30-17(2)29-24/h6-14H,15H2,1-5H3,(H,29,30)(H,31,35)(H,32,34). The van der Waals surface area contributed by atoms with Gasteiger partial charge >= 0.3 is 0 Å². The normalized spacial score (nSPS) is 10.8. The molecule has 0 spiro atoms. The highest BCUT2D eigenvalue weighted by atomic mass is 16.5. The number of carbonyl (C=O) groups excluding carboxylic acids is 3. The summed E-state index contributed by atoms with van der Waals surface area (Å²) in [5.74, 6) is -0.198. The van der Waals surface area contributed by atoms with Crippen LogP contribution in [0.4, 0.5) is 11.4 Å². The van der Waals surface area contributed by atoms with Gasteiger partial charge in [0, 0.05) is 38.0 Å². The first-order chi connectivity index (χ1) is 17.7. The number of hydrogen-bond donors (Lipinski definition) is 3. The van der Waals surface area contributed by atoms with Crippen LogP contribution in [0.15, 0.2) is 54.6 Å². The summed E-state index contributed by atoms with van der Waals surface area (Å²) in [5.41, 5.74) is 5.04. The lowest BCUT2D eigenvalue weighted by Gasteiger charge is -2.16. The number of imidazole rings is 1. The first kappa shape index (κ1) is 25.6. The van der Waals surface area contributed by atoms with E-state index in [0.29, 0.717) is 39.1 Å². The molecule has 4 rings (SSSR count). The maximum atomic E-state index is 13.1. The fraction of sp³-hybridized carbons (Fsp3) is 0.214. The number of carbonyl (C=O) groups is 3. The quantitative estimate of drug-likeness (QED) is 0.345. The zero-order chi connectivity index (χ0) is 26.7. The number of ether oxygens (including phenoxy) is 1. The van der Waals surface area contributed by atoms with Crippen LogP contribution in [0, 0.1) is 13.8 Å². The summed E-state index contributed by atoms with van der Waals surface area (Å²) >= 11 is 0. The average Bonchev–Trinajstić information content (AvgIpc) is 3.25. The van der Waals surface area contributed by atoms with E-state index in [-0.39, 0.29) is 24.3 Å². The monoisotopic (exact) mass is 499 g/mol. The topological polar surface area (TPSA) is 116 Å². The summed E-state index contributed by atoms with van der Waals surface area (Å²) in [7, 11) is 4.86. The molecule has 3 amide bonds. The van der Waals surface area contributed by atoms with Gasteiger partial charge in [0.25, 0.3) is 17.7 Å². The van der Waals surface area contributed by atoms with Gasteiger partial charge in [-0.25, -0.2) is 4.98 Å². The Hall–Kier alpha value is -4.50. The molecular weight excluding hydrogens is 470 g/mol. The number of H-pyrrole nitrogens is 1. The largest absolute Gasteiger partial charge is 0.380 e. The van der Waals surface area contributed by atoms with Gasteiger partial charge in [-0.05, 0) is 56.3 Å². The van der Waals surface area contributed by atoms with Gasteiger partial charge in [0.05, 0.1) is 28.9 Å². The Bertz CT molecular complexity index is 1510. The van der Waals surface area contributed by atoms with Crippen molar-refractivity contribution < 1.29 is 19.1 Å². The molecule has 190 valence electrons. The Labute approximate surface area is 214 Å². The summed E-state index contributed by atoms with van der Waals surface area (Å²) in [6.07, 6.45) is 0. The van der Waals surface area contributed by atoms with Crippen molar-refractivity contribution in [3.05, 3.63) is 88.2 Å². The summed E-state index contributed by atoms with van der Waals surface area (Å²) in [4.78, 5) is 47.9. The maximum absolute atomic E-state index is 13.1.